The van der Waals surface area contributed by atoms with Crippen molar-refractivity contribution in [3.63, 3.8) is 0 Å². The summed E-state index contributed by atoms with van der Waals surface area (Å²) in [6.07, 6.45) is 2.50. The van der Waals surface area contributed by atoms with E-state index in [9.17, 15) is 58.8 Å². The highest BCUT2D eigenvalue weighted by molar-refractivity contribution is 6.32. The number of esters is 3. The van der Waals surface area contributed by atoms with Gasteiger partial charge in [-0.25, -0.2) is 0 Å². The van der Waals surface area contributed by atoms with Gasteiger partial charge in [0.15, 0.2) is 40.3 Å². The van der Waals surface area contributed by atoms with Crippen LogP contribution in [-0.2, 0) is 47.8 Å². The SMILES string of the molecule is C=CCC(=O)OCC(O)(COC(=O)CC=C)COC(=O)C/C=C/c1ccc2c(c1O)C(=O)C1C(=O)[C@]3(O)C(=O)C(C(N)=O)C(=O)[C@@H](N(C)C)[C@@H]3[C@@H](O)[C@@H]1[C@H]2C. The summed E-state index contributed by atoms with van der Waals surface area (Å²) >= 11 is 0. The van der Waals surface area contributed by atoms with Gasteiger partial charge in [-0.1, -0.05) is 43.4 Å². The molecule has 1 amide bonds. The highest BCUT2D eigenvalue weighted by atomic mass is 16.6. The molecule has 3 aliphatic carbocycles. The van der Waals surface area contributed by atoms with E-state index in [0.29, 0.717) is 0 Å². The standard InChI is InChI=1S/C38H44N2O15/c1-6-9-21(41)53-15-37(51,16-54-22(42)10-7-2)17-55-23(43)12-8-11-19-13-14-20-18(3)24-26(31(45)25(20)30(19)44)34(48)38(52)28(32(24)46)29(40(4)5)33(47)27(35(38)49)36(39)50/h6-8,11,13-14,18,24,26-29,32,44,46,51-52H,1-2,9-10,12,15-17H2,3-5H3,(H2,39,50)/b11-8+/t18-,24+,26?,27?,28+,29-,32-,38-/m0/s1. The van der Waals surface area contributed by atoms with Crippen molar-refractivity contribution in [1.82, 2.24) is 4.90 Å². The van der Waals surface area contributed by atoms with Crippen molar-refractivity contribution in [1.29, 1.82) is 0 Å². The van der Waals surface area contributed by atoms with Crippen LogP contribution in [0.5, 0.6) is 5.75 Å². The second kappa shape index (κ2) is 16.6. The number of nitrogens with two attached hydrogens (primary N) is 1. The summed E-state index contributed by atoms with van der Waals surface area (Å²) in [6, 6.07) is 1.38. The molecule has 17 nitrogen and oxygen atoms in total. The lowest BCUT2D eigenvalue weighted by molar-refractivity contribution is -0.197. The Bertz CT molecular complexity index is 1820. The zero-order valence-electron chi connectivity index (χ0n) is 30.5. The molecule has 1 aromatic carbocycles. The molecule has 0 heterocycles. The van der Waals surface area contributed by atoms with Crippen LogP contribution in [0.1, 0.15) is 53.6 Å². The Morgan fingerprint density at radius 2 is 1.45 bits per heavy atom. The minimum Gasteiger partial charge on any atom is -0.507 e. The first kappa shape index (κ1) is 42.4. The lowest BCUT2D eigenvalue weighted by Crippen LogP contribution is -2.77. The van der Waals surface area contributed by atoms with Crippen LogP contribution in [0.4, 0.5) is 0 Å². The van der Waals surface area contributed by atoms with Crippen LogP contribution in [0.15, 0.2) is 43.5 Å². The Balaban J connectivity index is 1.56. The van der Waals surface area contributed by atoms with Crippen molar-refractivity contribution < 1.29 is 73.0 Å². The number of carbonyl (C=O) groups excluding carboxylic acids is 8. The summed E-state index contributed by atoms with van der Waals surface area (Å²) < 4.78 is 15.1. The van der Waals surface area contributed by atoms with Crippen LogP contribution in [0.25, 0.3) is 6.08 Å². The number of ketones is 4. The Labute approximate surface area is 315 Å². The first-order chi connectivity index (χ1) is 25.8. The molecule has 1 aromatic rings. The van der Waals surface area contributed by atoms with E-state index in [1.165, 1.54) is 55.4 Å². The molecule has 0 aromatic heterocycles. The normalized spacial score (nSPS) is 27.5. The van der Waals surface area contributed by atoms with Gasteiger partial charge in [-0.2, -0.15) is 0 Å². The van der Waals surface area contributed by atoms with E-state index >= 15 is 0 Å². The highest BCUT2D eigenvalue weighted by Crippen LogP contribution is 2.54. The maximum Gasteiger partial charge on any atom is 0.309 e. The smallest absolute Gasteiger partial charge is 0.309 e. The van der Waals surface area contributed by atoms with E-state index in [0.717, 1.165) is 0 Å². The summed E-state index contributed by atoms with van der Waals surface area (Å²) in [5.74, 6) is -17.2. The zero-order valence-corrected chi connectivity index (χ0v) is 30.5. The van der Waals surface area contributed by atoms with Gasteiger partial charge in [-0.15, -0.1) is 13.2 Å². The highest BCUT2D eigenvalue weighted by Gasteiger charge is 2.72. The van der Waals surface area contributed by atoms with E-state index < -0.39 is 132 Å². The zero-order chi connectivity index (χ0) is 41.2. The van der Waals surface area contributed by atoms with Gasteiger partial charge in [0.1, 0.15) is 25.6 Å². The monoisotopic (exact) mass is 768 g/mol. The number of hydrogen-bond acceptors (Lipinski definition) is 16. The molecule has 2 unspecified atom stereocenters. The largest absolute Gasteiger partial charge is 0.507 e. The number of fused-ring (bicyclic) bond motifs is 3. The molecule has 296 valence electrons. The molecule has 55 heavy (non-hydrogen) atoms. The van der Waals surface area contributed by atoms with Gasteiger partial charge in [0.25, 0.3) is 0 Å². The summed E-state index contributed by atoms with van der Waals surface area (Å²) in [5.41, 5.74) is -0.0140. The molecule has 6 N–H and O–H groups in total. The topological polar surface area (TPSA) is 274 Å². The molecule has 0 saturated heterocycles. The molecule has 2 saturated carbocycles. The van der Waals surface area contributed by atoms with E-state index in [-0.39, 0.29) is 29.5 Å². The molecule has 3 aliphatic rings. The Morgan fingerprint density at radius 3 is 1.95 bits per heavy atom. The first-order valence-corrected chi connectivity index (χ1v) is 17.2. The molecular weight excluding hydrogens is 724 g/mol. The Morgan fingerprint density at radius 1 is 0.927 bits per heavy atom. The number of phenols is 1. The number of amides is 1. The quantitative estimate of drug-likeness (QED) is 0.0640. The van der Waals surface area contributed by atoms with E-state index in [1.54, 1.807) is 6.92 Å². The number of hydrogen-bond donors (Lipinski definition) is 5. The molecule has 0 radical (unpaired) electrons. The molecule has 17 heteroatoms. The van der Waals surface area contributed by atoms with Crippen molar-refractivity contribution in [3.05, 3.63) is 60.2 Å². The number of ether oxygens (including phenoxy) is 3. The Hall–Kier alpha value is -5.36. The summed E-state index contributed by atoms with van der Waals surface area (Å²) in [6.45, 7) is 6.26. The lowest BCUT2D eigenvalue weighted by atomic mass is 9.49. The van der Waals surface area contributed by atoms with Crippen molar-refractivity contribution in [2.75, 3.05) is 33.9 Å². The summed E-state index contributed by atoms with van der Waals surface area (Å²) in [4.78, 5) is 105. The predicted octanol–water partition coefficient (Wildman–Crippen LogP) is -0.685. The second-order valence-electron chi connectivity index (χ2n) is 14.1. The number of aromatic hydroxyl groups is 1. The number of primary amides is 1. The van der Waals surface area contributed by atoms with Crippen molar-refractivity contribution >= 4 is 53.0 Å². The average Bonchev–Trinajstić information content (AvgIpc) is 3.11. The molecule has 0 bridgehead atoms. The van der Waals surface area contributed by atoms with Gasteiger partial charge in [0.05, 0.1) is 48.8 Å². The number of carbonyl (C=O) groups is 8. The number of nitrogens with zero attached hydrogens (tertiary/aromatic N) is 1. The van der Waals surface area contributed by atoms with E-state index in [1.807, 2.05) is 0 Å². The van der Waals surface area contributed by atoms with Crippen LogP contribution in [0, 0.1) is 23.7 Å². The van der Waals surface area contributed by atoms with Gasteiger partial charge in [-0.05, 0) is 25.6 Å². The number of phenolic OH excluding ortho intramolecular Hbond substituents is 1. The van der Waals surface area contributed by atoms with Crippen molar-refractivity contribution in [2.24, 2.45) is 29.4 Å². The maximum atomic E-state index is 14.2. The molecule has 2 fully saturated rings. The number of rotatable bonds is 15. The van der Waals surface area contributed by atoms with Crippen LogP contribution < -0.4 is 5.73 Å². The first-order valence-electron chi connectivity index (χ1n) is 17.2. The third-order valence-corrected chi connectivity index (χ3v) is 10.2. The van der Waals surface area contributed by atoms with Crippen LogP contribution in [-0.4, -0.2) is 130 Å². The Kier molecular flexibility index (Phi) is 12.8. The van der Waals surface area contributed by atoms with Gasteiger partial charge in [-0.3, -0.25) is 43.3 Å². The summed E-state index contributed by atoms with van der Waals surface area (Å²) in [5, 5.41) is 45.7. The van der Waals surface area contributed by atoms with Crippen LogP contribution in [0.3, 0.4) is 0 Å². The minimum absolute atomic E-state index is 0.00603. The molecule has 4 rings (SSSR count). The van der Waals surface area contributed by atoms with Gasteiger partial charge in [0.2, 0.25) is 5.91 Å². The maximum absolute atomic E-state index is 14.2. The molecule has 8 atom stereocenters. The van der Waals surface area contributed by atoms with E-state index in [2.05, 4.69) is 13.2 Å². The van der Waals surface area contributed by atoms with E-state index in [4.69, 9.17) is 19.9 Å². The fourth-order valence-corrected chi connectivity index (χ4v) is 7.60. The van der Waals surface area contributed by atoms with Crippen molar-refractivity contribution in [2.45, 2.75) is 55.5 Å². The number of likely N-dealkylation sites (N-methyl/N-ethyl adjacent to an activating group) is 1. The average molecular weight is 769 g/mol. The fourth-order valence-electron chi connectivity index (χ4n) is 7.60. The van der Waals surface area contributed by atoms with Crippen LogP contribution in [0.2, 0.25) is 0 Å². The number of aliphatic hydroxyl groups excluding tert-OH is 1. The lowest BCUT2D eigenvalue weighted by Gasteiger charge is -2.56. The molecule has 0 aliphatic heterocycles. The number of Topliss-reactive ketones (excluding diaryl/α,β-unsaturated/α-hetero) is 4. The van der Waals surface area contributed by atoms with Crippen LogP contribution >= 0.6 is 0 Å². The van der Waals surface area contributed by atoms with Gasteiger partial charge in [0, 0.05) is 11.5 Å². The third kappa shape index (κ3) is 7.91. The number of benzene rings is 1. The summed E-state index contributed by atoms with van der Waals surface area (Å²) in [7, 11) is 2.79. The predicted molar refractivity (Wildman–Crippen MR) is 189 cm³/mol. The van der Waals surface area contributed by atoms with Gasteiger partial charge < -0.3 is 40.4 Å². The van der Waals surface area contributed by atoms with Gasteiger partial charge >= 0.3 is 17.9 Å². The molecular formula is C38H44N2O15. The molecule has 0 spiro atoms. The second-order valence-corrected chi connectivity index (χ2v) is 14.1. The number of aliphatic hydroxyl groups is 3. The van der Waals surface area contributed by atoms with Crippen molar-refractivity contribution in [3.8, 4) is 5.75 Å². The minimum atomic E-state index is -3.14. The fraction of sp³-hybridized carbons (Fsp3) is 0.474. The third-order valence-electron chi connectivity index (χ3n) is 10.2.